The fourth-order valence-corrected chi connectivity index (χ4v) is 2.32. The first-order valence-corrected chi connectivity index (χ1v) is 5.49. The molecule has 0 aromatic heterocycles. The normalized spacial score (nSPS) is 23.0. The molecule has 1 fully saturated rings. The van der Waals surface area contributed by atoms with Gasteiger partial charge in [0.2, 0.25) is 0 Å². The smallest absolute Gasteiger partial charge is 0.00188 e. The minimum atomic E-state index is 0.522. The molecule has 0 bridgehead atoms. The summed E-state index contributed by atoms with van der Waals surface area (Å²) in [7, 11) is 2.81. The number of hydrogen-bond donors (Lipinski definition) is 0. The molecular formula is C10H22NP. The molecule has 0 N–H and O–H groups in total. The first-order chi connectivity index (χ1) is 5.47. The molecule has 0 aromatic carbocycles. The zero-order valence-corrected chi connectivity index (χ0v) is 9.79. The van der Waals surface area contributed by atoms with Crippen LogP contribution in [0, 0.1) is 11.3 Å². The highest BCUT2D eigenvalue weighted by atomic mass is 31.0. The van der Waals surface area contributed by atoms with Gasteiger partial charge in [-0.15, -0.1) is 0 Å². The van der Waals surface area contributed by atoms with Gasteiger partial charge in [-0.3, -0.25) is 4.67 Å². The van der Waals surface area contributed by atoms with Gasteiger partial charge >= 0.3 is 0 Å². The maximum absolute atomic E-state index is 2.81. The zero-order valence-electron chi connectivity index (χ0n) is 8.64. The molecule has 1 aliphatic heterocycles. The molecule has 1 atom stereocenters. The van der Waals surface area contributed by atoms with E-state index in [1.165, 1.54) is 32.4 Å². The third-order valence-electron chi connectivity index (χ3n) is 2.55. The van der Waals surface area contributed by atoms with Crippen molar-refractivity contribution in [2.24, 2.45) is 11.3 Å². The molecule has 72 valence electrons. The minimum Gasteiger partial charge on any atom is -0.287 e. The van der Waals surface area contributed by atoms with Crippen molar-refractivity contribution in [1.82, 2.24) is 4.67 Å². The van der Waals surface area contributed by atoms with Gasteiger partial charge in [0.15, 0.2) is 0 Å². The van der Waals surface area contributed by atoms with E-state index in [4.69, 9.17) is 0 Å². The Labute approximate surface area is 79.2 Å². The highest BCUT2D eigenvalue weighted by Crippen LogP contribution is 2.31. The lowest BCUT2D eigenvalue weighted by Crippen LogP contribution is -2.28. The predicted octanol–water partition coefficient (Wildman–Crippen LogP) is 2.92. The second kappa shape index (κ2) is 4.07. The second-order valence-corrected chi connectivity index (χ2v) is 5.97. The molecule has 1 saturated heterocycles. The highest BCUT2D eigenvalue weighted by Gasteiger charge is 2.22. The molecule has 1 nitrogen and oxygen atoms in total. The van der Waals surface area contributed by atoms with Gasteiger partial charge in [0.25, 0.3) is 0 Å². The predicted molar refractivity (Wildman–Crippen MR) is 58.1 cm³/mol. The zero-order chi connectivity index (χ0) is 9.19. The first kappa shape index (κ1) is 10.5. The summed E-state index contributed by atoms with van der Waals surface area (Å²) in [4.78, 5) is 0. The summed E-state index contributed by atoms with van der Waals surface area (Å²) >= 11 is 0. The van der Waals surface area contributed by atoms with Crippen molar-refractivity contribution < 1.29 is 0 Å². The monoisotopic (exact) mass is 187 g/mol. The van der Waals surface area contributed by atoms with E-state index < -0.39 is 0 Å². The van der Waals surface area contributed by atoms with Crippen LogP contribution in [0.15, 0.2) is 0 Å². The molecule has 0 aromatic rings. The van der Waals surface area contributed by atoms with Crippen LogP contribution in [0.5, 0.6) is 0 Å². The first-order valence-electron chi connectivity index (χ1n) is 4.97. The maximum atomic E-state index is 2.81. The fourth-order valence-electron chi connectivity index (χ4n) is 2.02. The van der Waals surface area contributed by atoms with E-state index in [1.54, 1.807) is 0 Å². The van der Waals surface area contributed by atoms with Crippen LogP contribution in [0.3, 0.4) is 0 Å². The van der Waals surface area contributed by atoms with Crippen LogP contribution in [-0.4, -0.2) is 17.8 Å². The summed E-state index contributed by atoms with van der Waals surface area (Å²) in [5, 5.41) is 0. The van der Waals surface area contributed by atoms with E-state index in [9.17, 15) is 0 Å². The number of nitrogens with zero attached hydrogens (tertiary/aromatic N) is 1. The van der Waals surface area contributed by atoms with E-state index >= 15 is 0 Å². The van der Waals surface area contributed by atoms with E-state index in [0.717, 1.165) is 5.92 Å². The van der Waals surface area contributed by atoms with Gasteiger partial charge in [0.1, 0.15) is 0 Å². The van der Waals surface area contributed by atoms with Gasteiger partial charge in [-0.2, -0.15) is 0 Å². The van der Waals surface area contributed by atoms with Crippen molar-refractivity contribution in [2.75, 3.05) is 13.1 Å². The van der Waals surface area contributed by atoms with E-state index in [0.29, 0.717) is 5.41 Å². The van der Waals surface area contributed by atoms with Crippen LogP contribution in [0.25, 0.3) is 0 Å². The topological polar surface area (TPSA) is 3.24 Å². The molecule has 1 heterocycles. The van der Waals surface area contributed by atoms with Gasteiger partial charge in [-0.05, 0) is 30.6 Å². The van der Waals surface area contributed by atoms with Gasteiger partial charge in [-0.1, -0.05) is 30.2 Å². The summed E-state index contributed by atoms with van der Waals surface area (Å²) in [6, 6.07) is 0. The Morgan fingerprint density at radius 3 is 2.17 bits per heavy atom. The van der Waals surface area contributed by atoms with E-state index in [-0.39, 0.29) is 0 Å². The quantitative estimate of drug-likeness (QED) is 0.570. The van der Waals surface area contributed by atoms with Gasteiger partial charge in [-0.25, -0.2) is 0 Å². The van der Waals surface area contributed by atoms with E-state index in [1.807, 2.05) is 0 Å². The van der Waals surface area contributed by atoms with Crippen LogP contribution >= 0.6 is 9.39 Å². The van der Waals surface area contributed by atoms with Crippen LogP contribution in [0.1, 0.15) is 40.0 Å². The highest BCUT2D eigenvalue weighted by molar-refractivity contribution is 7.13. The van der Waals surface area contributed by atoms with Crippen LogP contribution in [0.4, 0.5) is 0 Å². The molecular weight excluding hydrogens is 165 g/mol. The number of piperidine rings is 1. The van der Waals surface area contributed by atoms with Crippen LogP contribution in [-0.2, 0) is 0 Å². The number of rotatable bonds is 1. The fraction of sp³-hybridized carbons (Fsp3) is 1.00. The van der Waals surface area contributed by atoms with Crippen molar-refractivity contribution in [3.8, 4) is 0 Å². The van der Waals surface area contributed by atoms with Gasteiger partial charge < -0.3 is 0 Å². The summed E-state index contributed by atoms with van der Waals surface area (Å²) in [6.45, 7) is 9.58. The van der Waals surface area contributed by atoms with Crippen molar-refractivity contribution in [1.29, 1.82) is 0 Å². The van der Waals surface area contributed by atoms with Gasteiger partial charge in [0.05, 0.1) is 0 Å². The summed E-state index contributed by atoms with van der Waals surface area (Å²) in [5.74, 6) is 0.974. The second-order valence-electron chi connectivity index (χ2n) is 5.24. The molecule has 1 unspecified atom stereocenters. The molecule has 0 saturated carbocycles. The van der Waals surface area contributed by atoms with Crippen molar-refractivity contribution in [3.05, 3.63) is 0 Å². The lowest BCUT2D eigenvalue weighted by molar-refractivity contribution is 0.214. The summed E-state index contributed by atoms with van der Waals surface area (Å²) in [5.41, 5.74) is 0.522. The lowest BCUT2D eigenvalue weighted by atomic mass is 9.81. The molecule has 0 aliphatic carbocycles. The molecule has 12 heavy (non-hydrogen) atoms. The van der Waals surface area contributed by atoms with Crippen molar-refractivity contribution >= 4 is 9.39 Å². The van der Waals surface area contributed by atoms with E-state index in [2.05, 4.69) is 34.8 Å². The molecule has 2 heteroatoms. The Bertz CT molecular complexity index is 131. The SMILES string of the molecule is CC(C)(C)CC1CCN(P)CC1. The standard InChI is InChI=1S/C10H22NP/c1-10(2,3)8-9-4-6-11(12)7-5-9/h9H,4-8,12H2,1-3H3. The number of hydrogen-bond acceptors (Lipinski definition) is 1. The Kier molecular flexibility index (Phi) is 3.55. The summed E-state index contributed by atoms with van der Waals surface area (Å²) < 4.78 is 2.36. The minimum absolute atomic E-state index is 0.522. The molecule has 0 radical (unpaired) electrons. The van der Waals surface area contributed by atoms with Crippen LogP contribution < -0.4 is 0 Å². The lowest BCUT2D eigenvalue weighted by Gasteiger charge is -2.32. The molecule has 0 amide bonds. The Balaban J connectivity index is 2.26. The Morgan fingerprint density at radius 2 is 1.75 bits per heavy atom. The molecule has 1 aliphatic rings. The average Bonchev–Trinajstić information content (AvgIpc) is 1.91. The molecule has 0 spiro atoms. The molecule has 1 rings (SSSR count). The van der Waals surface area contributed by atoms with Crippen molar-refractivity contribution in [3.63, 3.8) is 0 Å². The third-order valence-corrected chi connectivity index (χ3v) is 3.07. The summed E-state index contributed by atoms with van der Waals surface area (Å²) in [6.07, 6.45) is 4.17. The van der Waals surface area contributed by atoms with Gasteiger partial charge in [0, 0.05) is 13.1 Å². The van der Waals surface area contributed by atoms with Crippen molar-refractivity contribution in [2.45, 2.75) is 40.0 Å². The largest absolute Gasteiger partial charge is 0.287 e. The van der Waals surface area contributed by atoms with Crippen LogP contribution in [0.2, 0.25) is 0 Å². The Morgan fingerprint density at radius 1 is 1.25 bits per heavy atom. The average molecular weight is 187 g/mol. The Hall–Kier alpha value is 0.390. The maximum Gasteiger partial charge on any atom is 0.00188 e. The third kappa shape index (κ3) is 3.87.